The summed E-state index contributed by atoms with van der Waals surface area (Å²) in [7, 11) is -3.70. The highest BCUT2D eigenvalue weighted by atomic mass is 32.2. The number of piperidine rings is 1. The van der Waals surface area contributed by atoms with Gasteiger partial charge in [0.2, 0.25) is 15.9 Å². The van der Waals surface area contributed by atoms with Gasteiger partial charge in [-0.25, -0.2) is 17.5 Å². The van der Waals surface area contributed by atoms with Crippen LogP contribution in [-0.4, -0.2) is 48.0 Å². The van der Waals surface area contributed by atoms with Crippen LogP contribution in [0.3, 0.4) is 0 Å². The predicted molar refractivity (Wildman–Crippen MR) is 109 cm³/mol. The molecule has 0 unspecified atom stereocenters. The van der Waals surface area contributed by atoms with Gasteiger partial charge in [0.25, 0.3) is 0 Å². The number of amides is 1. The number of fused-ring (bicyclic) bond motifs is 2. The van der Waals surface area contributed by atoms with Crippen molar-refractivity contribution in [2.45, 2.75) is 49.5 Å². The minimum Gasteiger partial charge on any atom is -0.297 e. The minimum atomic E-state index is -3.70. The van der Waals surface area contributed by atoms with Crippen molar-refractivity contribution >= 4 is 21.7 Å². The maximum atomic E-state index is 13.2. The fourth-order valence-electron chi connectivity index (χ4n) is 4.65. The Morgan fingerprint density at radius 2 is 1.83 bits per heavy atom. The molecule has 0 atom stereocenters. The Hall–Kier alpha value is -2.26. The molecule has 7 nitrogen and oxygen atoms in total. The van der Waals surface area contributed by atoms with Crippen LogP contribution in [0.4, 0.5) is 10.2 Å². The van der Waals surface area contributed by atoms with Crippen LogP contribution in [0.25, 0.3) is 0 Å². The molecule has 1 spiro atoms. The number of benzene rings is 1. The Labute approximate surface area is 175 Å². The molecule has 1 saturated heterocycles. The van der Waals surface area contributed by atoms with Crippen molar-refractivity contribution in [2.75, 3.05) is 24.5 Å². The molecule has 160 valence electrons. The summed E-state index contributed by atoms with van der Waals surface area (Å²) in [4.78, 5) is 15.0. The number of hydrogen-bond acceptors (Lipinski definition) is 4. The van der Waals surface area contributed by atoms with Gasteiger partial charge in [0.15, 0.2) is 0 Å². The number of aromatic nitrogens is 2. The van der Waals surface area contributed by atoms with Gasteiger partial charge in [0.05, 0.1) is 22.5 Å². The number of sulfonamides is 1. The van der Waals surface area contributed by atoms with Crippen molar-refractivity contribution in [3.05, 3.63) is 41.8 Å². The summed E-state index contributed by atoms with van der Waals surface area (Å²) >= 11 is 0. The first-order valence-corrected chi connectivity index (χ1v) is 11.9. The van der Waals surface area contributed by atoms with Gasteiger partial charge in [-0.05, 0) is 62.8 Å². The Kier molecular flexibility index (Phi) is 4.52. The van der Waals surface area contributed by atoms with Crippen LogP contribution in [0.5, 0.6) is 0 Å². The molecule has 0 bridgehead atoms. The first-order chi connectivity index (χ1) is 14.3. The van der Waals surface area contributed by atoms with E-state index in [1.165, 1.54) is 16.4 Å². The van der Waals surface area contributed by atoms with Crippen molar-refractivity contribution in [3.8, 4) is 0 Å². The third-order valence-corrected chi connectivity index (χ3v) is 8.48. The second-order valence-electron chi connectivity index (χ2n) is 8.76. The Morgan fingerprint density at radius 3 is 2.47 bits per heavy atom. The summed E-state index contributed by atoms with van der Waals surface area (Å²) in [5.74, 6) is 1.05. The summed E-state index contributed by atoms with van der Waals surface area (Å²) < 4.78 is 42.5. The van der Waals surface area contributed by atoms with Gasteiger partial charge in [-0.15, -0.1) is 0 Å². The minimum absolute atomic E-state index is 0.0887. The molecule has 3 heterocycles. The smallest absolute Gasteiger partial charge is 0.243 e. The highest BCUT2D eigenvalue weighted by Gasteiger charge is 2.48. The van der Waals surface area contributed by atoms with Gasteiger partial charge >= 0.3 is 0 Å². The summed E-state index contributed by atoms with van der Waals surface area (Å²) in [5, 5.41) is 4.71. The molecule has 1 aromatic carbocycles. The van der Waals surface area contributed by atoms with E-state index < -0.39 is 21.4 Å². The maximum Gasteiger partial charge on any atom is 0.243 e. The quantitative estimate of drug-likeness (QED) is 0.744. The van der Waals surface area contributed by atoms with E-state index >= 15 is 0 Å². The van der Waals surface area contributed by atoms with Crippen molar-refractivity contribution in [2.24, 2.45) is 5.92 Å². The van der Waals surface area contributed by atoms with Crippen molar-refractivity contribution in [1.29, 1.82) is 0 Å². The number of carbonyl (C=O) groups is 1. The molecule has 2 aromatic rings. The lowest BCUT2D eigenvalue weighted by atomic mass is 9.83. The van der Waals surface area contributed by atoms with E-state index in [-0.39, 0.29) is 10.8 Å². The molecule has 0 radical (unpaired) electrons. The first kappa shape index (κ1) is 19.7. The average Bonchev–Trinajstić information content (AvgIpc) is 3.45. The van der Waals surface area contributed by atoms with Crippen LogP contribution in [0, 0.1) is 18.7 Å². The number of aryl methyl sites for hydroxylation is 1. The maximum absolute atomic E-state index is 13.2. The van der Waals surface area contributed by atoms with Gasteiger partial charge in [-0.2, -0.15) is 9.40 Å². The zero-order chi connectivity index (χ0) is 21.1. The highest BCUT2D eigenvalue weighted by Crippen LogP contribution is 2.43. The Morgan fingerprint density at radius 1 is 1.17 bits per heavy atom. The third kappa shape index (κ3) is 3.24. The van der Waals surface area contributed by atoms with Gasteiger partial charge < -0.3 is 0 Å². The molecule has 30 heavy (non-hydrogen) atoms. The molecular weight excluding hydrogens is 407 g/mol. The number of carbonyl (C=O) groups excluding carboxylic acids is 1. The summed E-state index contributed by atoms with van der Waals surface area (Å²) in [6, 6.07) is 6.87. The number of halogens is 1. The van der Waals surface area contributed by atoms with E-state index in [4.69, 9.17) is 5.10 Å². The molecule has 3 aliphatic rings. The number of nitrogens with zero attached hydrogens (tertiary/aromatic N) is 4. The van der Waals surface area contributed by atoms with E-state index in [1.807, 2.05) is 22.6 Å². The zero-order valence-corrected chi connectivity index (χ0v) is 17.7. The highest BCUT2D eigenvalue weighted by molar-refractivity contribution is 7.89. The lowest BCUT2D eigenvalue weighted by molar-refractivity contribution is -0.122. The summed E-state index contributed by atoms with van der Waals surface area (Å²) in [5.41, 5.74) is 0.372. The standard InChI is InChI=1S/C21H25FN4O3S/c1-15-12-19-25(14-16-2-3-16)20(27)13-21(26(19)23-15)8-10-24(11-9-21)30(28,29)18-6-4-17(22)5-7-18/h4-7,12,16H,2-3,8-11,13-14H2,1H3. The monoisotopic (exact) mass is 432 g/mol. The molecule has 1 aromatic heterocycles. The molecule has 1 amide bonds. The average molecular weight is 433 g/mol. The predicted octanol–water partition coefficient (Wildman–Crippen LogP) is 2.66. The molecule has 9 heteroatoms. The molecule has 0 N–H and O–H groups in total. The fraction of sp³-hybridized carbons (Fsp3) is 0.524. The van der Waals surface area contributed by atoms with Crippen molar-refractivity contribution in [3.63, 3.8) is 0 Å². The van der Waals surface area contributed by atoms with E-state index in [1.54, 1.807) is 0 Å². The van der Waals surface area contributed by atoms with Gasteiger partial charge in [0, 0.05) is 25.7 Å². The zero-order valence-electron chi connectivity index (χ0n) is 16.9. The van der Waals surface area contributed by atoms with E-state index in [0.29, 0.717) is 38.3 Å². The van der Waals surface area contributed by atoms with E-state index in [0.717, 1.165) is 43.0 Å². The van der Waals surface area contributed by atoms with Crippen molar-refractivity contribution < 1.29 is 17.6 Å². The fourth-order valence-corrected chi connectivity index (χ4v) is 6.09. The summed E-state index contributed by atoms with van der Waals surface area (Å²) in [6.07, 6.45) is 3.71. The first-order valence-electron chi connectivity index (χ1n) is 10.4. The van der Waals surface area contributed by atoms with Gasteiger partial charge in [-0.1, -0.05) is 0 Å². The lowest BCUT2D eigenvalue weighted by Gasteiger charge is -2.46. The van der Waals surface area contributed by atoms with Crippen LogP contribution in [-0.2, 0) is 20.4 Å². The molecule has 2 aliphatic heterocycles. The summed E-state index contributed by atoms with van der Waals surface area (Å²) in [6.45, 7) is 3.26. The molecular formula is C21H25FN4O3S. The number of hydrogen-bond donors (Lipinski definition) is 0. The van der Waals surface area contributed by atoms with Crippen LogP contribution in [0.2, 0.25) is 0 Å². The topological polar surface area (TPSA) is 75.5 Å². The SMILES string of the molecule is Cc1cc2n(n1)C1(CCN(S(=O)(=O)c3ccc(F)cc3)CC1)CC(=O)N2CC1CC1. The second-order valence-corrected chi connectivity index (χ2v) is 10.7. The largest absolute Gasteiger partial charge is 0.297 e. The van der Waals surface area contributed by atoms with Crippen LogP contribution < -0.4 is 4.90 Å². The third-order valence-electron chi connectivity index (χ3n) is 6.56. The van der Waals surface area contributed by atoms with E-state index in [9.17, 15) is 17.6 Å². The number of anilines is 1. The number of rotatable bonds is 4. The Balaban J connectivity index is 1.40. The van der Waals surface area contributed by atoms with Crippen LogP contribution in [0.1, 0.15) is 37.8 Å². The van der Waals surface area contributed by atoms with Crippen LogP contribution >= 0.6 is 0 Å². The van der Waals surface area contributed by atoms with Gasteiger partial charge in [0.1, 0.15) is 11.6 Å². The molecule has 1 aliphatic carbocycles. The van der Waals surface area contributed by atoms with E-state index in [2.05, 4.69) is 0 Å². The second kappa shape index (κ2) is 6.88. The lowest BCUT2D eigenvalue weighted by Crippen LogP contribution is -2.55. The van der Waals surface area contributed by atoms with Crippen LogP contribution in [0.15, 0.2) is 35.2 Å². The molecule has 5 rings (SSSR count). The molecule has 1 saturated carbocycles. The normalized spacial score (nSPS) is 21.8. The molecule has 2 fully saturated rings. The van der Waals surface area contributed by atoms with Gasteiger partial charge in [-0.3, -0.25) is 9.69 Å². The Bertz CT molecular complexity index is 1080. The van der Waals surface area contributed by atoms with Crippen molar-refractivity contribution in [1.82, 2.24) is 14.1 Å².